The van der Waals surface area contributed by atoms with Crippen molar-refractivity contribution in [3.05, 3.63) is 23.8 Å². The predicted octanol–water partition coefficient (Wildman–Crippen LogP) is 2.89. The number of hydrogen-bond donors (Lipinski definition) is 1. The third kappa shape index (κ3) is 3.18. The predicted molar refractivity (Wildman–Crippen MR) is 77.2 cm³/mol. The standard InChI is InChI=1S/C14H20F2N2O2S/c1-2-18(11-6-4-3-5-7-11)21(19,20)13-9-10(17)8-12(15)14(13)16/h8-9,11H,2-7,17H2,1H3. The van der Waals surface area contributed by atoms with Crippen LogP contribution in [-0.2, 0) is 10.0 Å². The molecule has 0 radical (unpaired) electrons. The molecule has 0 atom stereocenters. The number of hydrogen-bond acceptors (Lipinski definition) is 3. The molecule has 0 amide bonds. The van der Waals surface area contributed by atoms with Crippen molar-refractivity contribution in [2.24, 2.45) is 0 Å². The van der Waals surface area contributed by atoms with E-state index in [1.165, 1.54) is 4.31 Å². The molecule has 0 saturated heterocycles. The van der Waals surface area contributed by atoms with Crippen molar-refractivity contribution in [2.75, 3.05) is 12.3 Å². The number of anilines is 1. The van der Waals surface area contributed by atoms with E-state index in [0.29, 0.717) is 0 Å². The molecule has 1 saturated carbocycles. The first kappa shape index (κ1) is 16.2. The van der Waals surface area contributed by atoms with E-state index in [-0.39, 0.29) is 18.3 Å². The molecule has 21 heavy (non-hydrogen) atoms. The van der Waals surface area contributed by atoms with Gasteiger partial charge in [0.1, 0.15) is 4.90 Å². The number of sulfonamides is 1. The first-order valence-corrected chi connectivity index (χ1v) is 8.58. The Morgan fingerprint density at radius 1 is 1.24 bits per heavy atom. The number of nitrogens with zero attached hydrogens (tertiary/aromatic N) is 1. The summed E-state index contributed by atoms with van der Waals surface area (Å²) in [6, 6.07) is 1.61. The molecule has 0 aliphatic heterocycles. The van der Waals surface area contributed by atoms with Crippen molar-refractivity contribution < 1.29 is 17.2 Å². The van der Waals surface area contributed by atoms with Gasteiger partial charge in [-0.05, 0) is 25.0 Å². The van der Waals surface area contributed by atoms with Crippen LogP contribution in [0.15, 0.2) is 17.0 Å². The summed E-state index contributed by atoms with van der Waals surface area (Å²) in [4.78, 5) is -0.674. The highest BCUT2D eigenvalue weighted by Crippen LogP contribution is 2.30. The van der Waals surface area contributed by atoms with Gasteiger partial charge in [-0.25, -0.2) is 17.2 Å². The van der Waals surface area contributed by atoms with E-state index < -0.39 is 26.6 Å². The summed E-state index contributed by atoms with van der Waals surface area (Å²) in [5.74, 6) is -2.60. The van der Waals surface area contributed by atoms with Gasteiger partial charge in [-0.1, -0.05) is 26.2 Å². The molecule has 1 aromatic carbocycles. The van der Waals surface area contributed by atoms with Crippen LogP contribution in [0.4, 0.5) is 14.5 Å². The molecule has 118 valence electrons. The third-order valence-electron chi connectivity index (χ3n) is 3.90. The Morgan fingerprint density at radius 3 is 2.43 bits per heavy atom. The highest BCUT2D eigenvalue weighted by atomic mass is 32.2. The Bertz CT molecular complexity index is 614. The van der Waals surface area contributed by atoms with E-state index in [9.17, 15) is 17.2 Å². The normalized spacial score (nSPS) is 17.3. The number of rotatable bonds is 4. The zero-order chi connectivity index (χ0) is 15.6. The fourth-order valence-electron chi connectivity index (χ4n) is 2.89. The minimum Gasteiger partial charge on any atom is -0.399 e. The number of nitrogens with two attached hydrogens (primary N) is 1. The average Bonchev–Trinajstić information content (AvgIpc) is 2.44. The first-order valence-electron chi connectivity index (χ1n) is 7.14. The quantitative estimate of drug-likeness (QED) is 0.868. The second-order valence-electron chi connectivity index (χ2n) is 5.32. The van der Waals surface area contributed by atoms with E-state index in [0.717, 1.165) is 44.2 Å². The summed E-state index contributed by atoms with van der Waals surface area (Å²) in [7, 11) is -4.09. The van der Waals surface area contributed by atoms with E-state index >= 15 is 0 Å². The van der Waals surface area contributed by atoms with Gasteiger partial charge in [0.15, 0.2) is 11.6 Å². The van der Waals surface area contributed by atoms with Crippen molar-refractivity contribution >= 4 is 15.7 Å². The third-order valence-corrected chi connectivity index (χ3v) is 5.92. The Morgan fingerprint density at radius 2 is 1.86 bits per heavy atom. The lowest BCUT2D eigenvalue weighted by atomic mass is 9.95. The molecule has 4 nitrogen and oxygen atoms in total. The van der Waals surface area contributed by atoms with Crippen LogP contribution in [0, 0.1) is 11.6 Å². The molecule has 1 aliphatic carbocycles. The van der Waals surface area contributed by atoms with Gasteiger partial charge in [0, 0.05) is 18.3 Å². The maximum absolute atomic E-state index is 13.9. The van der Waals surface area contributed by atoms with Gasteiger partial charge in [-0.2, -0.15) is 4.31 Å². The Labute approximate surface area is 124 Å². The molecule has 1 fully saturated rings. The lowest BCUT2D eigenvalue weighted by molar-refractivity contribution is 0.260. The highest BCUT2D eigenvalue weighted by molar-refractivity contribution is 7.89. The highest BCUT2D eigenvalue weighted by Gasteiger charge is 2.34. The topological polar surface area (TPSA) is 63.4 Å². The Balaban J connectivity index is 2.44. The van der Waals surface area contributed by atoms with Gasteiger partial charge in [-0.3, -0.25) is 0 Å². The summed E-state index contributed by atoms with van der Waals surface area (Å²) in [5.41, 5.74) is 5.35. The van der Waals surface area contributed by atoms with Gasteiger partial charge in [-0.15, -0.1) is 0 Å². The first-order chi connectivity index (χ1) is 9.87. The summed E-state index contributed by atoms with van der Waals surface area (Å²) in [6.07, 6.45) is 4.48. The van der Waals surface area contributed by atoms with Crippen molar-refractivity contribution in [1.82, 2.24) is 4.31 Å². The Hall–Kier alpha value is -1.21. The Kier molecular flexibility index (Phi) is 4.83. The summed E-state index contributed by atoms with van der Waals surface area (Å²) >= 11 is 0. The second kappa shape index (κ2) is 6.27. The zero-order valence-corrected chi connectivity index (χ0v) is 12.8. The lowest BCUT2D eigenvalue weighted by Crippen LogP contribution is -2.41. The van der Waals surface area contributed by atoms with Gasteiger partial charge >= 0.3 is 0 Å². The van der Waals surface area contributed by atoms with Crippen LogP contribution < -0.4 is 5.73 Å². The zero-order valence-electron chi connectivity index (χ0n) is 12.0. The molecular formula is C14H20F2N2O2S. The van der Waals surface area contributed by atoms with Crippen LogP contribution in [-0.4, -0.2) is 25.3 Å². The largest absolute Gasteiger partial charge is 0.399 e. The molecule has 0 heterocycles. The van der Waals surface area contributed by atoms with Crippen LogP contribution in [0.2, 0.25) is 0 Å². The SMILES string of the molecule is CCN(C1CCCCC1)S(=O)(=O)c1cc(N)cc(F)c1F. The van der Waals surface area contributed by atoms with E-state index in [1.807, 2.05) is 0 Å². The summed E-state index contributed by atoms with van der Waals surface area (Å²) in [6.45, 7) is 1.93. The van der Waals surface area contributed by atoms with Crippen LogP contribution >= 0.6 is 0 Å². The minimum absolute atomic E-state index is 0.104. The van der Waals surface area contributed by atoms with E-state index in [1.54, 1.807) is 6.92 Å². The number of benzene rings is 1. The molecule has 1 aromatic rings. The molecule has 0 bridgehead atoms. The smallest absolute Gasteiger partial charge is 0.246 e. The number of halogens is 2. The number of nitrogen functional groups attached to an aromatic ring is 1. The molecule has 0 unspecified atom stereocenters. The van der Waals surface area contributed by atoms with Gasteiger partial charge in [0.2, 0.25) is 10.0 Å². The van der Waals surface area contributed by atoms with E-state index in [4.69, 9.17) is 5.73 Å². The summed E-state index contributed by atoms with van der Waals surface area (Å²) < 4.78 is 53.9. The van der Waals surface area contributed by atoms with Crippen LogP contribution in [0.25, 0.3) is 0 Å². The van der Waals surface area contributed by atoms with E-state index in [2.05, 4.69) is 0 Å². The molecule has 0 aromatic heterocycles. The fourth-order valence-corrected chi connectivity index (χ4v) is 4.70. The average molecular weight is 318 g/mol. The summed E-state index contributed by atoms with van der Waals surface area (Å²) in [5, 5.41) is 0. The fraction of sp³-hybridized carbons (Fsp3) is 0.571. The van der Waals surface area contributed by atoms with Crippen molar-refractivity contribution in [3.63, 3.8) is 0 Å². The lowest BCUT2D eigenvalue weighted by Gasteiger charge is -2.32. The minimum atomic E-state index is -4.09. The molecule has 7 heteroatoms. The van der Waals surface area contributed by atoms with Gasteiger partial charge in [0.25, 0.3) is 0 Å². The molecule has 1 aliphatic rings. The van der Waals surface area contributed by atoms with Crippen LogP contribution in [0.1, 0.15) is 39.0 Å². The molecule has 0 spiro atoms. The van der Waals surface area contributed by atoms with Crippen LogP contribution in [0.5, 0.6) is 0 Å². The van der Waals surface area contributed by atoms with Crippen molar-refractivity contribution in [2.45, 2.75) is 50.0 Å². The maximum atomic E-state index is 13.9. The maximum Gasteiger partial charge on any atom is 0.246 e. The van der Waals surface area contributed by atoms with Crippen LogP contribution in [0.3, 0.4) is 0 Å². The van der Waals surface area contributed by atoms with Gasteiger partial charge < -0.3 is 5.73 Å². The van der Waals surface area contributed by atoms with Gasteiger partial charge in [0.05, 0.1) is 0 Å². The second-order valence-corrected chi connectivity index (χ2v) is 7.17. The molecular weight excluding hydrogens is 298 g/mol. The van der Waals surface area contributed by atoms with Crippen molar-refractivity contribution in [1.29, 1.82) is 0 Å². The van der Waals surface area contributed by atoms with Crippen molar-refractivity contribution in [3.8, 4) is 0 Å². The monoisotopic (exact) mass is 318 g/mol. The molecule has 2 rings (SSSR count). The molecule has 2 N–H and O–H groups in total.